The Balaban J connectivity index is 2.74. The van der Waals surface area contributed by atoms with Crippen LogP contribution in [0, 0.1) is 0 Å². The summed E-state index contributed by atoms with van der Waals surface area (Å²) in [7, 11) is 1.81. The van der Waals surface area contributed by atoms with Gasteiger partial charge in [-0.05, 0) is 50.8 Å². The van der Waals surface area contributed by atoms with Crippen LogP contribution >= 0.6 is 0 Å². The summed E-state index contributed by atoms with van der Waals surface area (Å²) in [5.41, 5.74) is 0.798. The zero-order chi connectivity index (χ0) is 15.9. The van der Waals surface area contributed by atoms with Crippen LogP contribution in [0.3, 0.4) is 0 Å². The Bertz CT molecular complexity index is 420. The first-order valence-corrected chi connectivity index (χ1v) is 7.15. The smallest absolute Gasteiger partial charge is 0.406 e. The van der Waals surface area contributed by atoms with Crippen molar-refractivity contribution in [2.45, 2.75) is 32.7 Å². The molecule has 0 aliphatic carbocycles. The van der Waals surface area contributed by atoms with Crippen LogP contribution in [0.15, 0.2) is 24.3 Å². The maximum Gasteiger partial charge on any atom is 0.573 e. The van der Waals surface area contributed by atoms with Gasteiger partial charge in [-0.2, -0.15) is 0 Å². The molecule has 6 heteroatoms. The summed E-state index contributed by atoms with van der Waals surface area (Å²) >= 11 is 0. The van der Waals surface area contributed by atoms with Crippen LogP contribution in [-0.2, 0) is 0 Å². The van der Waals surface area contributed by atoms with Gasteiger partial charge in [0.25, 0.3) is 0 Å². The number of nitrogens with zero attached hydrogens (tertiary/aromatic N) is 1. The van der Waals surface area contributed by atoms with Gasteiger partial charge in [0.05, 0.1) is 0 Å². The van der Waals surface area contributed by atoms with Crippen molar-refractivity contribution >= 4 is 0 Å². The van der Waals surface area contributed by atoms with Crippen molar-refractivity contribution in [2.24, 2.45) is 0 Å². The largest absolute Gasteiger partial charge is 0.573 e. The molecular formula is C15H23F3N2O. The molecule has 0 fully saturated rings. The molecule has 120 valence electrons. The number of ether oxygens (including phenoxy) is 1. The Kier molecular flexibility index (Phi) is 6.98. The van der Waals surface area contributed by atoms with E-state index in [1.807, 2.05) is 13.1 Å². The molecule has 0 saturated heterocycles. The normalized spacial score (nSPS) is 13.5. The van der Waals surface area contributed by atoms with Gasteiger partial charge in [0.1, 0.15) is 5.75 Å². The SMILES string of the molecule is CCN(CC)CCC(NC)c1cccc(OC(F)(F)F)c1. The topological polar surface area (TPSA) is 24.5 Å². The maximum absolute atomic E-state index is 12.3. The lowest BCUT2D eigenvalue weighted by Crippen LogP contribution is -2.28. The summed E-state index contributed by atoms with van der Waals surface area (Å²) in [6.45, 7) is 7.00. The highest BCUT2D eigenvalue weighted by atomic mass is 19.4. The van der Waals surface area contributed by atoms with E-state index in [1.54, 1.807) is 6.07 Å². The second-order valence-corrected chi connectivity index (χ2v) is 4.78. The van der Waals surface area contributed by atoms with Crippen molar-refractivity contribution in [2.75, 3.05) is 26.7 Å². The number of halogens is 3. The standard InChI is InChI=1S/C15H23F3N2O/c1-4-20(5-2)10-9-14(19-3)12-7-6-8-13(11-12)21-15(16,17)18/h6-8,11,14,19H,4-5,9-10H2,1-3H3. The summed E-state index contributed by atoms with van der Waals surface area (Å²) in [4.78, 5) is 2.28. The molecular weight excluding hydrogens is 281 g/mol. The minimum Gasteiger partial charge on any atom is -0.406 e. The monoisotopic (exact) mass is 304 g/mol. The van der Waals surface area contributed by atoms with E-state index >= 15 is 0 Å². The quantitative estimate of drug-likeness (QED) is 0.794. The van der Waals surface area contributed by atoms with Crippen molar-refractivity contribution < 1.29 is 17.9 Å². The fraction of sp³-hybridized carbons (Fsp3) is 0.600. The number of rotatable bonds is 8. The van der Waals surface area contributed by atoms with E-state index in [2.05, 4.69) is 28.8 Å². The summed E-state index contributed by atoms with van der Waals surface area (Å²) < 4.78 is 40.7. The first-order chi connectivity index (χ1) is 9.89. The van der Waals surface area contributed by atoms with Crippen LogP contribution in [0.25, 0.3) is 0 Å². The van der Waals surface area contributed by atoms with Crippen LogP contribution in [0.2, 0.25) is 0 Å². The van der Waals surface area contributed by atoms with Gasteiger partial charge in [-0.3, -0.25) is 0 Å². The number of benzene rings is 1. The van der Waals surface area contributed by atoms with E-state index in [0.29, 0.717) is 0 Å². The highest BCUT2D eigenvalue weighted by Gasteiger charge is 2.31. The van der Waals surface area contributed by atoms with Crippen LogP contribution in [0.1, 0.15) is 31.9 Å². The minimum absolute atomic E-state index is 0.00221. The molecule has 1 atom stereocenters. The van der Waals surface area contributed by atoms with Gasteiger partial charge >= 0.3 is 6.36 Å². The summed E-state index contributed by atoms with van der Waals surface area (Å²) in [5, 5.41) is 3.15. The Morgan fingerprint density at radius 1 is 1.24 bits per heavy atom. The zero-order valence-electron chi connectivity index (χ0n) is 12.7. The van der Waals surface area contributed by atoms with Gasteiger partial charge in [0, 0.05) is 6.04 Å². The molecule has 3 nitrogen and oxygen atoms in total. The number of hydrogen-bond acceptors (Lipinski definition) is 3. The van der Waals surface area contributed by atoms with Crippen LogP contribution < -0.4 is 10.1 Å². The van der Waals surface area contributed by atoms with Gasteiger partial charge in [-0.15, -0.1) is 13.2 Å². The van der Waals surface area contributed by atoms with Crippen LogP contribution in [0.5, 0.6) is 5.75 Å². The lowest BCUT2D eigenvalue weighted by Gasteiger charge is -2.23. The van der Waals surface area contributed by atoms with Gasteiger partial charge < -0.3 is 15.0 Å². The molecule has 0 bridgehead atoms. The molecule has 0 aromatic heterocycles. The molecule has 1 rings (SSSR count). The molecule has 0 radical (unpaired) electrons. The van der Waals surface area contributed by atoms with E-state index in [9.17, 15) is 13.2 Å². The highest BCUT2D eigenvalue weighted by molar-refractivity contribution is 5.30. The third-order valence-electron chi connectivity index (χ3n) is 3.47. The Morgan fingerprint density at radius 3 is 2.43 bits per heavy atom. The third-order valence-corrected chi connectivity index (χ3v) is 3.47. The average Bonchev–Trinajstić information content (AvgIpc) is 2.42. The number of hydrogen-bond donors (Lipinski definition) is 1. The van der Waals surface area contributed by atoms with E-state index < -0.39 is 6.36 Å². The fourth-order valence-corrected chi connectivity index (χ4v) is 2.26. The van der Waals surface area contributed by atoms with Crippen LogP contribution in [-0.4, -0.2) is 37.9 Å². The average molecular weight is 304 g/mol. The van der Waals surface area contributed by atoms with Gasteiger partial charge in [-0.25, -0.2) is 0 Å². The summed E-state index contributed by atoms with van der Waals surface area (Å²) in [6.07, 6.45) is -3.83. The summed E-state index contributed by atoms with van der Waals surface area (Å²) in [6, 6.07) is 6.15. The molecule has 1 aromatic rings. The molecule has 1 unspecified atom stereocenters. The predicted octanol–water partition coefficient (Wildman–Crippen LogP) is 3.58. The molecule has 0 aliphatic rings. The van der Waals surface area contributed by atoms with E-state index in [-0.39, 0.29) is 11.8 Å². The van der Waals surface area contributed by atoms with Crippen molar-refractivity contribution in [3.8, 4) is 5.75 Å². The molecule has 21 heavy (non-hydrogen) atoms. The molecule has 0 aliphatic heterocycles. The Hall–Kier alpha value is -1.27. The zero-order valence-corrected chi connectivity index (χ0v) is 12.7. The van der Waals surface area contributed by atoms with Gasteiger partial charge in [0.15, 0.2) is 0 Å². The summed E-state index contributed by atoms with van der Waals surface area (Å²) in [5.74, 6) is -0.178. The first kappa shape index (κ1) is 17.8. The molecule has 0 amide bonds. The molecule has 0 heterocycles. The van der Waals surface area contributed by atoms with Gasteiger partial charge in [0.2, 0.25) is 0 Å². The number of alkyl halides is 3. The van der Waals surface area contributed by atoms with Crippen molar-refractivity contribution in [3.63, 3.8) is 0 Å². The van der Waals surface area contributed by atoms with Crippen LogP contribution in [0.4, 0.5) is 13.2 Å². The lowest BCUT2D eigenvalue weighted by atomic mass is 10.0. The molecule has 0 spiro atoms. The fourth-order valence-electron chi connectivity index (χ4n) is 2.26. The first-order valence-electron chi connectivity index (χ1n) is 7.15. The third kappa shape index (κ3) is 6.35. The second kappa shape index (κ2) is 8.24. The van der Waals surface area contributed by atoms with Crippen molar-refractivity contribution in [1.82, 2.24) is 10.2 Å². The van der Waals surface area contributed by atoms with E-state index in [1.165, 1.54) is 12.1 Å². The van der Waals surface area contributed by atoms with E-state index in [0.717, 1.165) is 31.6 Å². The Labute approximate surface area is 124 Å². The van der Waals surface area contributed by atoms with Gasteiger partial charge in [-0.1, -0.05) is 26.0 Å². The lowest BCUT2D eigenvalue weighted by molar-refractivity contribution is -0.274. The molecule has 0 saturated carbocycles. The molecule has 1 aromatic carbocycles. The predicted molar refractivity (Wildman–Crippen MR) is 77.3 cm³/mol. The maximum atomic E-state index is 12.3. The minimum atomic E-state index is -4.66. The van der Waals surface area contributed by atoms with E-state index in [4.69, 9.17) is 0 Å². The van der Waals surface area contributed by atoms with Crippen molar-refractivity contribution in [3.05, 3.63) is 29.8 Å². The van der Waals surface area contributed by atoms with Crippen molar-refractivity contribution in [1.29, 1.82) is 0 Å². The Morgan fingerprint density at radius 2 is 1.90 bits per heavy atom. The molecule has 1 N–H and O–H groups in total. The second-order valence-electron chi connectivity index (χ2n) is 4.78. The number of nitrogens with one attached hydrogen (secondary N) is 1. The highest BCUT2D eigenvalue weighted by Crippen LogP contribution is 2.26.